The third-order valence-electron chi connectivity index (χ3n) is 5.94. The van der Waals surface area contributed by atoms with Crippen LogP contribution in [0.1, 0.15) is 54.2 Å². The van der Waals surface area contributed by atoms with Gasteiger partial charge in [-0.25, -0.2) is 4.79 Å². The van der Waals surface area contributed by atoms with E-state index in [4.69, 9.17) is 9.47 Å². The standard InChI is InChI=1S/C25H29N3O6S/c1-24(2,3)21(30)26-13-16-7-9-20(35-16)17(29)14-28-22(31)25(4,27-23(28)32)15-6-8-18-19(12-15)34-11-5-10-33-18/h6-9,12H,5,10-11,13-14H2,1-4H3,(H,26,30)(H,27,32)/t25-/m1/s1. The minimum Gasteiger partial charge on any atom is -0.490 e. The van der Waals surface area contributed by atoms with E-state index in [1.807, 2.05) is 20.8 Å². The van der Waals surface area contributed by atoms with Crippen molar-refractivity contribution in [1.82, 2.24) is 15.5 Å². The van der Waals surface area contributed by atoms with Crippen LogP contribution in [0.15, 0.2) is 30.3 Å². The summed E-state index contributed by atoms with van der Waals surface area (Å²) in [6.07, 6.45) is 0.750. The Labute approximate surface area is 207 Å². The number of hydrogen-bond donors (Lipinski definition) is 2. The molecule has 4 amide bonds. The molecular weight excluding hydrogens is 470 g/mol. The van der Waals surface area contributed by atoms with Gasteiger partial charge < -0.3 is 20.1 Å². The lowest BCUT2D eigenvalue weighted by atomic mass is 9.91. The summed E-state index contributed by atoms with van der Waals surface area (Å²) >= 11 is 1.23. The third-order valence-corrected chi connectivity index (χ3v) is 7.07. The minimum absolute atomic E-state index is 0.0906. The van der Waals surface area contributed by atoms with E-state index in [-0.39, 0.29) is 18.2 Å². The lowest BCUT2D eigenvalue weighted by Gasteiger charge is -2.23. The minimum atomic E-state index is -1.33. The van der Waals surface area contributed by atoms with E-state index >= 15 is 0 Å². The molecule has 0 spiro atoms. The van der Waals surface area contributed by atoms with E-state index in [1.165, 1.54) is 11.3 Å². The number of imide groups is 1. The topological polar surface area (TPSA) is 114 Å². The number of nitrogens with zero attached hydrogens (tertiary/aromatic N) is 1. The Morgan fingerprint density at radius 3 is 2.54 bits per heavy atom. The summed E-state index contributed by atoms with van der Waals surface area (Å²) in [7, 11) is 0. The fourth-order valence-corrected chi connectivity index (χ4v) is 4.66. The van der Waals surface area contributed by atoms with Crippen molar-refractivity contribution in [1.29, 1.82) is 0 Å². The number of thiophene rings is 1. The molecule has 10 heteroatoms. The van der Waals surface area contributed by atoms with E-state index in [1.54, 1.807) is 37.3 Å². The molecule has 2 aromatic rings. The maximum Gasteiger partial charge on any atom is 0.325 e. The van der Waals surface area contributed by atoms with Gasteiger partial charge in [0.2, 0.25) is 5.91 Å². The Balaban J connectivity index is 1.44. The number of ether oxygens (including phenoxy) is 2. The average Bonchev–Trinajstić information content (AvgIpc) is 3.26. The molecule has 0 bridgehead atoms. The Morgan fingerprint density at radius 2 is 1.83 bits per heavy atom. The Hall–Kier alpha value is -3.40. The van der Waals surface area contributed by atoms with Gasteiger partial charge in [0.25, 0.3) is 5.91 Å². The molecular formula is C25H29N3O6S. The first-order chi connectivity index (χ1) is 16.5. The molecule has 2 aliphatic rings. The van der Waals surface area contributed by atoms with Crippen LogP contribution in [-0.4, -0.2) is 48.3 Å². The number of rotatable bonds is 6. The number of hydrogen-bond acceptors (Lipinski definition) is 7. The first-order valence-electron chi connectivity index (χ1n) is 11.4. The highest BCUT2D eigenvalue weighted by Crippen LogP contribution is 2.36. The fourth-order valence-electron chi connectivity index (χ4n) is 3.79. The number of benzene rings is 1. The van der Waals surface area contributed by atoms with Crippen LogP contribution >= 0.6 is 11.3 Å². The fraction of sp³-hybridized carbons (Fsp3) is 0.440. The van der Waals surface area contributed by atoms with Gasteiger partial charge in [-0.2, -0.15) is 0 Å². The lowest BCUT2D eigenvalue weighted by Crippen LogP contribution is -2.41. The van der Waals surface area contributed by atoms with Crippen molar-refractivity contribution >= 4 is 35.0 Å². The summed E-state index contributed by atoms with van der Waals surface area (Å²) in [5, 5.41) is 5.57. The molecule has 1 aromatic carbocycles. The molecule has 4 rings (SSSR count). The predicted molar refractivity (Wildman–Crippen MR) is 130 cm³/mol. The summed E-state index contributed by atoms with van der Waals surface area (Å²) in [4.78, 5) is 53.1. The molecule has 1 aromatic heterocycles. The molecule has 186 valence electrons. The summed E-state index contributed by atoms with van der Waals surface area (Å²) in [5.41, 5.74) is -1.30. The van der Waals surface area contributed by atoms with Crippen molar-refractivity contribution in [2.45, 2.75) is 46.2 Å². The SMILES string of the molecule is CC(C)(C)C(=O)NCc1ccc(C(=O)CN2C(=O)N[C@](C)(c3ccc4c(c3)OCCCO4)C2=O)s1. The smallest absolute Gasteiger partial charge is 0.325 e. The third kappa shape index (κ3) is 5.02. The van der Waals surface area contributed by atoms with Crippen molar-refractivity contribution in [3.8, 4) is 11.5 Å². The normalized spacial score (nSPS) is 19.8. The number of ketones is 1. The quantitative estimate of drug-likeness (QED) is 0.466. The van der Waals surface area contributed by atoms with Gasteiger partial charge in [-0.15, -0.1) is 11.3 Å². The van der Waals surface area contributed by atoms with E-state index in [0.717, 1.165) is 16.2 Å². The molecule has 0 unspecified atom stereocenters. The molecule has 3 heterocycles. The molecule has 1 fully saturated rings. The number of Topliss-reactive ketones (excluding diaryl/α,β-unsaturated/α-hetero) is 1. The molecule has 1 saturated heterocycles. The van der Waals surface area contributed by atoms with Crippen LogP contribution in [0, 0.1) is 5.41 Å². The van der Waals surface area contributed by atoms with Gasteiger partial charge in [-0.05, 0) is 36.8 Å². The van der Waals surface area contributed by atoms with Gasteiger partial charge in [0, 0.05) is 16.7 Å². The number of urea groups is 1. The zero-order valence-corrected chi connectivity index (χ0v) is 21.0. The zero-order valence-electron chi connectivity index (χ0n) is 20.2. The molecule has 2 N–H and O–H groups in total. The average molecular weight is 500 g/mol. The Bertz CT molecular complexity index is 1180. The Kier molecular flexibility index (Phi) is 6.59. The number of amides is 4. The lowest BCUT2D eigenvalue weighted by molar-refractivity contribution is -0.131. The van der Waals surface area contributed by atoms with Gasteiger partial charge >= 0.3 is 6.03 Å². The van der Waals surface area contributed by atoms with Gasteiger partial charge in [0.15, 0.2) is 17.3 Å². The largest absolute Gasteiger partial charge is 0.490 e. The molecule has 0 radical (unpaired) electrons. The number of nitrogens with one attached hydrogen (secondary N) is 2. The van der Waals surface area contributed by atoms with Crippen LogP contribution in [-0.2, 0) is 21.7 Å². The van der Waals surface area contributed by atoms with Crippen LogP contribution in [0.2, 0.25) is 0 Å². The molecule has 0 saturated carbocycles. The maximum atomic E-state index is 13.3. The second kappa shape index (κ2) is 9.33. The molecule has 9 nitrogen and oxygen atoms in total. The van der Waals surface area contributed by atoms with E-state index in [0.29, 0.717) is 41.7 Å². The summed E-state index contributed by atoms with van der Waals surface area (Å²) in [6.45, 7) is 8.05. The van der Waals surface area contributed by atoms with Crippen LogP contribution in [0.25, 0.3) is 0 Å². The van der Waals surface area contributed by atoms with Crippen LogP contribution < -0.4 is 20.1 Å². The van der Waals surface area contributed by atoms with Crippen molar-refractivity contribution < 1.29 is 28.7 Å². The van der Waals surface area contributed by atoms with Crippen LogP contribution in [0.4, 0.5) is 4.79 Å². The molecule has 35 heavy (non-hydrogen) atoms. The monoisotopic (exact) mass is 499 g/mol. The van der Waals surface area contributed by atoms with Gasteiger partial charge in [0.05, 0.1) is 31.2 Å². The van der Waals surface area contributed by atoms with Crippen LogP contribution in [0.3, 0.4) is 0 Å². The highest BCUT2D eigenvalue weighted by atomic mass is 32.1. The van der Waals surface area contributed by atoms with E-state index in [9.17, 15) is 19.2 Å². The highest BCUT2D eigenvalue weighted by Gasteiger charge is 2.49. The van der Waals surface area contributed by atoms with Crippen molar-refractivity contribution in [3.63, 3.8) is 0 Å². The summed E-state index contributed by atoms with van der Waals surface area (Å²) in [6, 6.07) is 7.91. The van der Waals surface area contributed by atoms with Crippen molar-refractivity contribution in [2.24, 2.45) is 5.41 Å². The summed E-state index contributed by atoms with van der Waals surface area (Å²) < 4.78 is 11.4. The Morgan fingerprint density at radius 1 is 1.11 bits per heavy atom. The van der Waals surface area contributed by atoms with Crippen molar-refractivity contribution in [3.05, 3.63) is 45.6 Å². The van der Waals surface area contributed by atoms with Gasteiger partial charge in [-0.3, -0.25) is 19.3 Å². The van der Waals surface area contributed by atoms with E-state index in [2.05, 4.69) is 10.6 Å². The zero-order chi connectivity index (χ0) is 25.4. The summed E-state index contributed by atoms with van der Waals surface area (Å²) in [5.74, 6) is 0.148. The molecule has 0 aliphatic carbocycles. The maximum absolute atomic E-state index is 13.3. The predicted octanol–water partition coefficient (Wildman–Crippen LogP) is 3.22. The second-order valence-electron chi connectivity index (χ2n) is 9.78. The number of carbonyl (C=O) groups is 4. The van der Waals surface area contributed by atoms with Gasteiger partial charge in [0.1, 0.15) is 5.54 Å². The number of carbonyl (C=O) groups excluding carboxylic acids is 4. The first-order valence-corrected chi connectivity index (χ1v) is 12.2. The van der Waals surface area contributed by atoms with Crippen molar-refractivity contribution in [2.75, 3.05) is 19.8 Å². The second-order valence-corrected chi connectivity index (χ2v) is 10.9. The van der Waals surface area contributed by atoms with Gasteiger partial charge in [-0.1, -0.05) is 26.8 Å². The first kappa shape index (κ1) is 24.7. The highest BCUT2D eigenvalue weighted by molar-refractivity contribution is 7.14. The molecule has 1 atom stereocenters. The molecule has 2 aliphatic heterocycles. The number of fused-ring (bicyclic) bond motifs is 1. The van der Waals surface area contributed by atoms with Crippen LogP contribution in [0.5, 0.6) is 11.5 Å². The van der Waals surface area contributed by atoms with E-state index < -0.39 is 22.9 Å².